The van der Waals surface area contributed by atoms with Gasteiger partial charge in [-0.15, -0.1) is 11.8 Å². The molecule has 0 bridgehead atoms. The van der Waals surface area contributed by atoms with Gasteiger partial charge in [-0.1, -0.05) is 58.0 Å². The van der Waals surface area contributed by atoms with E-state index in [1.165, 1.54) is 11.8 Å². The maximum Gasteiger partial charge on any atom is 0.404 e. The molecule has 0 saturated carbocycles. The number of carbonyl (C=O) groups is 2. The van der Waals surface area contributed by atoms with E-state index >= 15 is 0 Å². The number of benzene rings is 2. The third kappa shape index (κ3) is 7.47. The third-order valence-electron chi connectivity index (χ3n) is 7.05. The molecular formula is C30H37N5O4S. The van der Waals surface area contributed by atoms with Gasteiger partial charge in [0.1, 0.15) is 23.5 Å². The monoisotopic (exact) mass is 563 g/mol. The molecule has 1 fully saturated rings. The minimum absolute atomic E-state index is 0.0432. The van der Waals surface area contributed by atoms with Gasteiger partial charge < -0.3 is 25.8 Å². The molecule has 1 saturated heterocycles. The molecule has 2 unspecified atom stereocenters. The number of ether oxygens (including phenoxy) is 2. The van der Waals surface area contributed by atoms with Crippen molar-refractivity contribution in [2.24, 2.45) is 16.9 Å². The minimum atomic E-state index is -0.825. The van der Waals surface area contributed by atoms with E-state index in [1.807, 2.05) is 64.1 Å². The Balaban J connectivity index is 1.85. The normalized spacial score (nSPS) is 15.5. The molecule has 40 heavy (non-hydrogen) atoms. The smallest absolute Gasteiger partial charge is 0.404 e. The van der Waals surface area contributed by atoms with Gasteiger partial charge in [-0.2, -0.15) is 10.5 Å². The Kier molecular flexibility index (Phi) is 10.4. The van der Waals surface area contributed by atoms with Crippen LogP contribution in [0.1, 0.15) is 68.0 Å². The van der Waals surface area contributed by atoms with Gasteiger partial charge in [0.2, 0.25) is 5.91 Å². The fourth-order valence-electron chi connectivity index (χ4n) is 4.77. The fraction of sp³-hybridized carbons (Fsp3) is 0.467. The average Bonchev–Trinajstić information content (AvgIpc) is 2.92. The van der Waals surface area contributed by atoms with Crippen LogP contribution in [0, 0.1) is 28.1 Å². The summed E-state index contributed by atoms with van der Waals surface area (Å²) < 4.78 is 11.4. The molecule has 0 aromatic heterocycles. The number of primary amides is 2. The lowest BCUT2D eigenvalue weighted by molar-refractivity contribution is -0.117. The predicted octanol–water partition coefficient (Wildman–Crippen LogP) is 4.81. The first kappa shape index (κ1) is 30.8. The SMILES string of the molecule is CCc1c(C#N)c(SC(C(N)=O)c2ccccc2)cc(N2CCC(OCC(OC(N)=O)C(C)(C)C)CC2)c1C#N. The van der Waals surface area contributed by atoms with Gasteiger partial charge in [0, 0.05) is 23.4 Å². The van der Waals surface area contributed by atoms with E-state index in [0.717, 1.165) is 11.3 Å². The Labute approximate surface area is 240 Å². The molecule has 0 spiro atoms. The van der Waals surface area contributed by atoms with Crippen molar-refractivity contribution in [1.82, 2.24) is 0 Å². The lowest BCUT2D eigenvalue weighted by Crippen LogP contribution is -2.41. The molecule has 2 aromatic carbocycles. The number of hydrogen-bond donors (Lipinski definition) is 2. The molecule has 1 aliphatic heterocycles. The number of piperidine rings is 1. The predicted molar refractivity (Wildman–Crippen MR) is 155 cm³/mol. The highest BCUT2D eigenvalue weighted by Crippen LogP contribution is 2.42. The lowest BCUT2D eigenvalue weighted by Gasteiger charge is -2.36. The quantitative estimate of drug-likeness (QED) is 0.390. The van der Waals surface area contributed by atoms with Crippen LogP contribution < -0.4 is 16.4 Å². The molecule has 2 aromatic rings. The van der Waals surface area contributed by atoms with Crippen molar-refractivity contribution in [2.45, 2.75) is 69.3 Å². The molecular weight excluding hydrogens is 526 g/mol. The number of thioether (sulfide) groups is 1. The van der Waals surface area contributed by atoms with Gasteiger partial charge >= 0.3 is 6.09 Å². The number of hydrogen-bond acceptors (Lipinski definition) is 8. The van der Waals surface area contributed by atoms with Gasteiger partial charge in [0.05, 0.1) is 29.5 Å². The summed E-state index contributed by atoms with van der Waals surface area (Å²) in [6.45, 7) is 9.30. The van der Waals surface area contributed by atoms with Crippen LogP contribution >= 0.6 is 11.8 Å². The molecule has 212 valence electrons. The van der Waals surface area contributed by atoms with E-state index in [-0.39, 0.29) is 18.1 Å². The van der Waals surface area contributed by atoms with E-state index in [1.54, 1.807) is 0 Å². The van der Waals surface area contributed by atoms with Gasteiger partial charge in [-0.05, 0) is 36.5 Å². The fourth-order valence-corrected chi connectivity index (χ4v) is 5.90. The minimum Gasteiger partial charge on any atom is -0.443 e. The molecule has 1 heterocycles. The number of nitrogens with zero attached hydrogens (tertiary/aromatic N) is 3. The summed E-state index contributed by atoms with van der Waals surface area (Å²) in [4.78, 5) is 26.5. The van der Waals surface area contributed by atoms with Crippen molar-refractivity contribution < 1.29 is 19.1 Å². The second-order valence-electron chi connectivity index (χ2n) is 10.8. The van der Waals surface area contributed by atoms with Gasteiger partial charge in [-0.25, -0.2) is 4.79 Å². The number of rotatable bonds is 10. The molecule has 0 aliphatic carbocycles. The lowest BCUT2D eigenvalue weighted by atomic mass is 9.89. The summed E-state index contributed by atoms with van der Waals surface area (Å²) in [7, 11) is 0. The Hall–Kier alpha value is -3.73. The number of amides is 2. The first-order chi connectivity index (χ1) is 19.0. The highest BCUT2D eigenvalue weighted by molar-refractivity contribution is 8.00. The van der Waals surface area contributed by atoms with Crippen molar-refractivity contribution >= 4 is 29.4 Å². The van der Waals surface area contributed by atoms with E-state index in [4.69, 9.17) is 20.9 Å². The van der Waals surface area contributed by atoms with Crippen molar-refractivity contribution in [2.75, 3.05) is 24.6 Å². The number of anilines is 1. The molecule has 10 heteroatoms. The van der Waals surface area contributed by atoms with Crippen molar-refractivity contribution in [1.29, 1.82) is 10.5 Å². The van der Waals surface area contributed by atoms with Crippen LogP contribution in [0.25, 0.3) is 0 Å². The zero-order valence-electron chi connectivity index (χ0n) is 23.5. The molecule has 0 radical (unpaired) electrons. The zero-order valence-corrected chi connectivity index (χ0v) is 24.3. The van der Waals surface area contributed by atoms with Crippen LogP contribution in [-0.2, 0) is 20.7 Å². The summed E-state index contributed by atoms with van der Waals surface area (Å²) in [6, 6.07) is 15.7. The summed E-state index contributed by atoms with van der Waals surface area (Å²) in [5.41, 5.74) is 13.7. The molecule has 2 atom stereocenters. The molecule has 3 rings (SSSR count). The third-order valence-corrected chi connectivity index (χ3v) is 8.36. The van der Waals surface area contributed by atoms with Crippen molar-refractivity contribution in [3.63, 3.8) is 0 Å². The first-order valence-electron chi connectivity index (χ1n) is 13.3. The summed E-state index contributed by atoms with van der Waals surface area (Å²) in [5, 5.41) is 19.5. The Morgan fingerprint density at radius 1 is 1.10 bits per heavy atom. The van der Waals surface area contributed by atoms with Crippen LogP contribution in [-0.4, -0.2) is 43.9 Å². The highest BCUT2D eigenvalue weighted by Gasteiger charge is 2.31. The topological polar surface area (TPSA) is 155 Å². The summed E-state index contributed by atoms with van der Waals surface area (Å²) in [5.74, 6) is -0.504. The van der Waals surface area contributed by atoms with Crippen LogP contribution in [0.2, 0.25) is 0 Å². The maximum absolute atomic E-state index is 12.4. The molecule has 4 N–H and O–H groups in total. The summed E-state index contributed by atoms with van der Waals surface area (Å²) in [6.07, 6.45) is 0.564. The van der Waals surface area contributed by atoms with E-state index in [2.05, 4.69) is 17.0 Å². The van der Waals surface area contributed by atoms with Crippen molar-refractivity contribution in [3.8, 4) is 12.1 Å². The maximum atomic E-state index is 12.4. The first-order valence-corrected chi connectivity index (χ1v) is 14.2. The van der Waals surface area contributed by atoms with Crippen LogP contribution in [0.15, 0.2) is 41.3 Å². The second-order valence-corrected chi connectivity index (χ2v) is 12.0. The second kappa shape index (κ2) is 13.6. The molecule has 2 amide bonds. The van der Waals surface area contributed by atoms with Gasteiger partial charge in [0.15, 0.2) is 0 Å². The number of carbonyl (C=O) groups excluding carboxylic acids is 2. The Bertz CT molecular complexity index is 1290. The Morgan fingerprint density at radius 2 is 1.73 bits per heavy atom. The van der Waals surface area contributed by atoms with E-state index in [0.29, 0.717) is 53.9 Å². The van der Waals surface area contributed by atoms with E-state index in [9.17, 15) is 20.1 Å². The Morgan fingerprint density at radius 3 is 2.23 bits per heavy atom. The number of nitriles is 2. The highest BCUT2D eigenvalue weighted by atomic mass is 32.2. The molecule has 1 aliphatic rings. The number of nitrogens with two attached hydrogens (primary N) is 2. The largest absolute Gasteiger partial charge is 0.443 e. The van der Waals surface area contributed by atoms with E-state index < -0.39 is 23.4 Å². The van der Waals surface area contributed by atoms with Crippen LogP contribution in [0.4, 0.5) is 10.5 Å². The van der Waals surface area contributed by atoms with Gasteiger partial charge in [-0.3, -0.25) is 4.79 Å². The van der Waals surface area contributed by atoms with Crippen LogP contribution in [0.3, 0.4) is 0 Å². The van der Waals surface area contributed by atoms with Crippen molar-refractivity contribution in [3.05, 3.63) is 58.7 Å². The zero-order chi connectivity index (χ0) is 29.4. The van der Waals surface area contributed by atoms with Gasteiger partial charge in [0.25, 0.3) is 0 Å². The average molecular weight is 564 g/mol. The van der Waals surface area contributed by atoms with Crippen LogP contribution in [0.5, 0.6) is 0 Å². The summed E-state index contributed by atoms with van der Waals surface area (Å²) >= 11 is 1.24. The standard InChI is InChI=1S/C30H37N5O4S/c1-5-21-22(16-31)24(15-25(23(21)17-32)40-27(28(33)36)19-9-7-6-8-10-19)35-13-11-20(12-14-35)38-18-26(30(2,3)4)39-29(34)37/h6-10,15,20,26-27H,5,11-14,18H2,1-4H3,(H2,33,36)(H2,34,37). The molecule has 9 nitrogen and oxygen atoms in total.